The fourth-order valence-electron chi connectivity index (χ4n) is 3.17. The van der Waals surface area contributed by atoms with Crippen LogP contribution in [0.5, 0.6) is 11.5 Å². The van der Waals surface area contributed by atoms with Gasteiger partial charge in [-0.3, -0.25) is 9.52 Å². The molecule has 1 aliphatic rings. The minimum absolute atomic E-state index is 0.169. The molecule has 0 fully saturated rings. The molecule has 0 bridgehead atoms. The molecule has 4 rings (SSSR count). The van der Waals surface area contributed by atoms with Crippen molar-refractivity contribution in [3.8, 4) is 11.5 Å². The normalized spacial score (nSPS) is 13.2. The number of hydrogen-bond donors (Lipinski definition) is 1. The van der Waals surface area contributed by atoms with Gasteiger partial charge in [0, 0.05) is 12.7 Å². The summed E-state index contributed by atoms with van der Waals surface area (Å²) in [5.74, 6) is 0.656. The van der Waals surface area contributed by atoms with E-state index in [0.29, 0.717) is 22.9 Å². The number of amides is 1. The Labute approximate surface area is 169 Å². The number of nitrogens with one attached hydrogen (secondary N) is 1. The maximum Gasteiger partial charge on any atom is 0.261 e. The van der Waals surface area contributed by atoms with Gasteiger partial charge in [0.1, 0.15) is 5.75 Å². The summed E-state index contributed by atoms with van der Waals surface area (Å²) in [5, 5.41) is 0. The van der Waals surface area contributed by atoms with Gasteiger partial charge in [0.15, 0.2) is 5.75 Å². The molecule has 1 N–H and O–H groups in total. The van der Waals surface area contributed by atoms with E-state index in [1.165, 1.54) is 11.0 Å². The first-order valence-electron chi connectivity index (χ1n) is 9.05. The van der Waals surface area contributed by atoms with Crippen LogP contribution < -0.4 is 14.4 Å². The second kappa shape index (κ2) is 6.93. The van der Waals surface area contributed by atoms with E-state index >= 15 is 0 Å². The molecule has 0 aliphatic carbocycles. The Morgan fingerprint density at radius 3 is 2.41 bits per heavy atom. The number of ether oxygens (including phenoxy) is 1. The number of benzene rings is 3. The lowest BCUT2D eigenvalue weighted by molar-refractivity contribution is 0.0993. The highest BCUT2D eigenvalue weighted by atomic mass is 32.2. The van der Waals surface area contributed by atoms with Crippen molar-refractivity contribution in [2.45, 2.75) is 18.7 Å². The number of carbonyl (C=O) groups is 1. The van der Waals surface area contributed by atoms with Gasteiger partial charge in [0.25, 0.3) is 15.9 Å². The van der Waals surface area contributed by atoms with E-state index in [9.17, 15) is 13.2 Å². The Hall–Kier alpha value is -3.32. The van der Waals surface area contributed by atoms with Gasteiger partial charge in [-0.2, -0.15) is 0 Å². The molecule has 6 nitrogen and oxygen atoms in total. The van der Waals surface area contributed by atoms with E-state index in [0.717, 1.165) is 11.1 Å². The summed E-state index contributed by atoms with van der Waals surface area (Å²) in [6, 6.07) is 16.9. The minimum Gasteiger partial charge on any atom is -0.454 e. The Morgan fingerprint density at radius 1 is 0.897 bits per heavy atom. The molecule has 7 heteroatoms. The highest BCUT2D eigenvalue weighted by Gasteiger charge is 2.26. The third-order valence-electron chi connectivity index (χ3n) is 5.00. The van der Waals surface area contributed by atoms with Crippen LogP contribution in [0.4, 0.5) is 11.4 Å². The summed E-state index contributed by atoms with van der Waals surface area (Å²) in [5.41, 5.74) is 3.12. The molecule has 1 heterocycles. The molecule has 0 saturated carbocycles. The van der Waals surface area contributed by atoms with Crippen molar-refractivity contribution >= 4 is 27.3 Å². The topological polar surface area (TPSA) is 75.7 Å². The van der Waals surface area contributed by atoms with Crippen LogP contribution >= 0.6 is 0 Å². The fraction of sp³-hybridized carbons (Fsp3) is 0.136. The highest BCUT2D eigenvalue weighted by Crippen LogP contribution is 2.39. The van der Waals surface area contributed by atoms with Gasteiger partial charge < -0.3 is 9.64 Å². The summed E-state index contributed by atoms with van der Waals surface area (Å²) in [7, 11) is -2.13. The van der Waals surface area contributed by atoms with Crippen LogP contribution in [-0.4, -0.2) is 21.4 Å². The van der Waals surface area contributed by atoms with E-state index in [4.69, 9.17) is 4.74 Å². The first-order valence-corrected chi connectivity index (χ1v) is 10.5. The summed E-state index contributed by atoms with van der Waals surface area (Å²) in [6.45, 7) is 3.78. The maximum absolute atomic E-state index is 12.9. The number of aryl methyl sites for hydroxylation is 2. The van der Waals surface area contributed by atoms with Crippen LogP contribution in [0.25, 0.3) is 0 Å². The van der Waals surface area contributed by atoms with Gasteiger partial charge in [-0.1, -0.05) is 18.2 Å². The molecule has 0 radical (unpaired) electrons. The van der Waals surface area contributed by atoms with Crippen molar-refractivity contribution in [1.82, 2.24) is 0 Å². The third-order valence-corrected chi connectivity index (χ3v) is 6.38. The number of nitrogens with zero attached hydrogens (tertiary/aromatic N) is 1. The van der Waals surface area contributed by atoms with Gasteiger partial charge in [0.05, 0.1) is 16.1 Å². The minimum atomic E-state index is -3.79. The van der Waals surface area contributed by atoms with Crippen molar-refractivity contribution in [1.29, 1.82) is 0 Å². The SMILES string of the molecule is Cc1ccc(S(=O)(=O)Nc2ccc3c(c2)C(=O)N(C)c2ccccc2O3)cc1C. The molecule has 3 aromatic carbocycles. The summed E-state index contributed by atoms with van der Waals surface area (Å²) in [4.78, 5) is 14.6. The van der Waals surface area contributed by atoms with Crippen molar-refractivity contribution in [2.75, 3.05) is 16.7 Å². The second-order valence-electron chi connectivity index (χ2n) is 7.00. The van der Waals surface area contributed by atoms with Crippen LogP contribution in [0, 0.1) is 13.8 Å². The zero-order chi connectivity index (χ0) is 20.8. The maximum atomic E-state index is 12.9. The second-order valence-corrected chi connectivity index (χ2v) is 8.68. The lowest BCUT2D eigenvalue weighted by Crippen LogP contribution is -2.25. The zero-order valence-corrected chi connectivity index (χ0v) is 17.1. The molecule has 0 spiro atoms. The first kappa shape index (κ1) is 19.0. The molecule has 0 saturated heterocycles. The summed E-state index contributed by atoms with van der Waals surface area (Å²) >= 11 is 0. The van der Waals surface area contributed by atoms with Crippen LogP contribution in [0.2, 0.25) is 0 Å². The Bertz CT molecular complexity index is 1240. The van der Waals surface area contributed by atoms with Gasteiger partial charge >= 0.3 is 0 Å². The van der Waals surface area contributed by atoms with E-state index < -0.39 is 10.0 Å². The van der Waals surface area contributed by atoms with Crippen LogP contribution in [-0.2, 0) is 10.0 Å². The van der Waals surface area contributed by atoms with Crippen LogP contribution in [0.15, 0.2) is 65.6 Å². The Morgan fingerprint density at radius 2 is 1.66 bits per heavy atom. The number of rotatable bonds is 3. The molecule has 3 aromatic rings. The molecule has 29 heavy (non-hydrogen) atoms. The van der Waals surface area contributed by atoms with Gasteiger partial charge in [-0.15, -0.1) is 0 Å². The monoisotopic (exact) mass is 408 g/mol. The average molecular weight is 408 g/mol. The molecule has 0 unspecified atom stereocenters. The number of para-hydroxylation sites is 2. The number of anilines is 2. The number of sulfonamides is 1. The van der Waals surface area contributed by atoms with Gasteiger partial charge in [0.2, 0.25) is 0 Å². The fourth-order valence-corrected chi connectivity index (χ4v) is 4.31. The Balaban J connectivity index is 1.70. The van der Waals surface area contributed by atoms with Crippen molar-refractivity contribution in [3.63, 3.8) is 0 Å². The molecule has 148 valence electrons. The third kappa shape index (κ3) is 3.45. The summed E-state index contributed by atoms with van der Waals surface area (Å²) < 4.78 is 34.0. The van der Waals surface area contributed by atoms with E-state index in [1.54, 1.807) is 49.5 Å². The smallest absolute Gasteiger partial charge is 0.261 e. The molecule has 1 aliphatic heterocycles. The van der Waals surface area contributed by atoms with Crippen molar-refractivity contribution < 1.29 is 17.9 Å². The molecule has 1 amide bonds. The van der Waals surface area contributed by atoms with E-state index in [2.05, 4.69) is 4.72 Å². The standard InChI is InChI=1S/C22H20N2O4S/c1-14-8-10-17(12-15(14)2)29(26,27)23-16-9-11-20-18(13-16)22(25)24(3)19-6-4-5-7-21(19)28-20/h4-13,23H,1-3H3. The lowest BCUT2D eigenvalue weighted by Gasteiger charge is -2.16. The van der Waals surface area contributed by atoms with Crippen LogP contribution in [0.3, 0.4) is 0 Å². The predicted molar refractivity (Wildman–Crippen MR) is 112 cm³/mol. The largest absolute Gasteiger partial charge is 0.454 e. The average Bonchev–Trinajstić information content (AvgIpc) is 2.79. The van der Waals surface area contributed by atoms with Crippen molar-refractivity contribution in [2.24, 2.45) is 0 Å². The first-order chi connectivity index (χ1) is 13.8. The number of hydrogen-bond acceptors (Lipinski definition) is 4. The van der Waals surface area contributed by atoms with E-state index in [1.807, 2.05) is 26.0 Å². The number of fused-ring (bicyclic) bond motifs is 2. The van der Waals surface area contributed by atoms with Crippen LogP contribution in [0.1, 0.15) is 21.5 Å². The molecule has 0 atom stereocenters. The van der Waals surface area contributed by atoms with E-state index in [-0.39, 0.29) is 16.4 Å². The van der Waals surface area contributed by atoms with Gasteiger partial charge in [-0.05, 0) is 67.4 Å². The molecule has 0 aromatic heterocycles. The highest BCUT2D eigenvalue weighted by molar-refractivity contribution is 7.92. The summed E-state index contributed by atoms with van der Waals surface area (Å²) in [6.07, 6.45) is 0. The number of carbonyl (C=O) groups excluding carboxylic acids is 1. The molecular formula is C22H20N2O4S. The van der Waals surface area contributed by atoms with Crippen molar-refractivity contribution in [3.05, 3.63) is 77.4 Å². The predicted octanol–water partition coefficient (Wildman–Crippen LogP) is 4.49. The molecular weight excluding hydrogens is 388 g/mol. The van der Waals surface area contributed by atoms with Gasteiger partial charge in [-0.25, -0.2) is 8.42 Å². The quantitative estimate of drug-likeness (QED) is 0.693. The Kier molecular flexibility index (Phi) is 4.55. The lowest BCUT2D eigenvalue weighted by atomic mass is 10.1. The zero-order valence-electron chi connectivity index (χ0n) is 16.3.